The Kier molecular flexibility index (Phi) is 2.37. The smallest absolute Gasteiger partial charge is 0.153 e. The third-order valence-corrected chi connectivity index (χ3v) is 3.28. The van der Waals surface area contributed by atoms with Crippen LogP contribution < -0.4 is 21.5 Å². The third-order valence-electron chi connectivity index (χ3n) is 3.28. The van der Waals surface area contributed by atoms with Crippen molar-refractivity contribution in [3.8, 4) is 0 Å². The molecule has 4 N–H and O–H groups in total. The van der Waals surface area contributed by atoms with Crippen LogP contribution >= 0.6 is 0 Å². The highest BCUT2D eigenvalue weighted by atomic mass is 15.6. The fraction of sp³-hybridized carbons (Fsp3) is 0.600. The van der Waals surface area contributed by atoms with E-state index < -0.39 is 0 Å². The predicted octanol–water partition coefficient (Wildman–Crippen LogP) is -0.365. The largest absolute Gasteiger partial charge is 0.383 e. The fourth-order valence-electron chi connectivity index (χ4n) is 2.40. The minimum absolute atomic E-state index is 0.511. The second kappa shape index (κ2) is 3.88. The number of piperidine rings is 1. The van der Waals surface area contributed by atoms with Gasteiger partial charge in [-0.15, -0.1) is 0 Å². The second-order valence-corrected chi connectivity index (χ2v) is 4.25. The molecule has 0 saturated carbocycles. The summed E-state index contributed by atoms with van der Waals surface area (Å²) < 4.78 is 0. The first-order chi connectivity index (χ1) is 7.86. The molecule has 2 aliphatic rings. The number of aromatic nitrogens is 2. The first-order valence-corrected chi connectivity index (χ1v) is 5.69. The molecule has 6 nitrogen and oxygen atoms in total. The molecule has 1 saturated heterocycles. The van der Waals surface area contributed by atoms with Crippen LogP contribution in [0.15, 0.2) is 6.33 Å². The summed E-state index contributed by atoms with van der Waals surface area (Å²) in [5, 5.41) is 5.52. The molecule has 16 heavy (non-hydrogen) atoms. The van der Waals surface area contributed by atoms with Crippen molar-refractivity contribution >= 4 is 11.6 Å². The van der Waals surface area contributed by atoms with Gasteiger partial charge in [-0.25, -0.2) is 15.4 Å². The summed E-state index contributed by atoms with van der Waals surface area (Å²) in [4.78, 5) is 8.35. The van der Waals surface area contributed by atoms with Crippen LogP contribution in [0.1, 0.15) is 18.4 Å². The van der Waals surface area contributed by atoms with Crippen LogP contribution in [-0.2, 0) is 6.54 Å². The van der Waals surface area contributed by atoms with Gasteiger partial charge >= 0.3 is 0 Å². The van der Waals surface area contributed by atoms with Crippen molar-refractivity contribution in [2.45, 2.75) is 25.4 Å². The predicted molar refractivity (Wildman–Crippen MR) is 61.7 cm³/mol. The van der Waals surface area contributed by atoms with E-state index in [0.717, 1.165) is 43.9 Å². The van der Waals surface area contributed by atoms with E-state index in [-0.39, 0.29) is 0 Å². The lowest BCUT2D eigenvalue weighted by molar-refractivity contribution is 0.407. The fourth-order valence-corrected chi connectivity index (χ4v) is 2.40. The van der Waals surface area contributed by atoms with Crippen molar-refractivity contribution < 1.29 is 0 Å². The average molecular weight is 220 g/mol. The van der Waals surface area contributed by atoms with Crippen LogP contribution in [0.3, 0.4) is 0 Å². The van der Waals surface area contributed by atoms with Crippen molar-refractivity contribution in [2.75, 3.05) is 23.8 Å². The molecule has 86 valence electrons. The number of nitrogens with two attached hydrogens (primary N) is 1. The quantitative estimate of drug-likeness (QED) is 0.599. The monoisotopic (exact) mass is 220 g/mol. The Morgan fingerprint density at radius 1 is 1.31 bits per heavy atom. The Labute approximate surface area is 94.2 Å². The molecule has 1 aromatic rings. The highest BCUT2D eigenvalue weighted by Crippen LogP contribution is 2.29. The summed E-state index contributed by atoms with van der Waals surface area (Å²) >= 11 is 0. The Bertz CT molecular complexity index is 387. The van der Waals surface area contributed by atoms with Crippen LogP contribution in [0.5, 0.6) is 0 Å². The highest BCUT2D eigenvalue weighted by molar-refractivity contribution is 5.59. The molecule has 0 spiro atoms. The zero-order valence-electron chi connectivity index (χ0n) is 9.11. The second-order valence-electron chi connectivity index (χ2n) is 4.25. The molecular formula is C10H16N6. The van der Waals surface area contributed by atoms with Crippen LogP contribution in [0.2, 0.25) is 0 Å². The molecule has 0 aromatic carbocycles. The number of hydrogen-bond donors (Lipinski definition) is 3. The van der Waals surface area contributed by atoms with E-state index >= 15 is 0 Å². The standard InChI is InChI=1S/C10H16N6/c11-9-8-5-15-16(10(8)14-6-13-9)7-1-3-12-4-2-7/h6-7,12,15H,1-5H2,(H2,11,13,14). The summed E-state index contributed by atoms with van der Waals surface area (Å²) in [6.07, 6.45) is 3.81. The number of anilines is 2. The summed E-state index contributed by atoms with van der Waals surface area (Å²) in [5.41, 5.74) is 10.2. The molecule has 0 atom stereocenters. The SMILES string of the molecule is Nc1ncnc2c1CNN2C1CCNCC1. The number of nitrogen functional groups attached to an aromatic ring is 1. The molecular weight excluding hydrogens is 204 g/mol. The van der Waals surface area contributed by atoms with Crippen molar-refractivity contribution in [1.29, 1.82) is 0 Å². The first-order valence-electron chi connectivity index (χ1n) is 5.69. The maximum atomic E-state index is 5.83. The molecule has 0 radical (unpaired) electrons. The van der Waals surface area contributed by atoms with Crippen LogP contribution in [0.25, 0.3) is 0 Å². The van der Waals surface area contributed by atoms with E-state index in [1.165, 1.54) is 6.33 Å². The van der Waals surface area contributed by atoms with Crippen LogP contribution in [-0.4, -0.2) is 29.1 Å². The summed E-state index contributed by atoms with van der Waals surface area (Å²) in [6.45, 7) is 2.88. The lowest BCUT2D eigenvalue weighted by atomic mass is 10.1. The molecule has 0 amide bonds. The van der Waals surface area contributed by atoms with Gasteiger partial charge in [0.2, 0.25) is 0 Å². The van der Waals surface area contributed by atoms with Gasteiger partial charge in [0.15, 0.2) is 5.82 Å². The molecule has 1 fully saturated rings. The van der Waals surface area contributed by atoms with Gasteiger partial charge in [0, 0.05) is 12.6 Å². The van der Waals surface area contributed by atoms with E-state index in [0.29, 0.717) is 11.9 Å². The highest BCUT2D eigenvalue weighted by Gasteiger charge is 2.29. The van der Waals surface area contributed by atoms with E-state index in [4.69, 9.17) is 5.73 Å². The minimum Gasteiger partial charge on any atom is -0.383 e. The van der Waals surface area contributed by atoms with Gasteiger partial charge in [-0.3, -0.25) is 5.01 Å². The average Bonchev–Trinajstić information content (AvgIpc) is 2.75. The summed E-state index contributed by atoms with van der Waals surface area (Å²) in [5.74, 6) is 1.55. The Morgan fingerprint density at radius 3 is 2.94 bits per heavy atom. The first kappa shape index (κ1) is 9.80. The van der Waals surface area contributed by atoms with E-state index in [9.17, 15) is 0 Å². The molecule has 3 heterocycles. The van der Waals surface area contributed by atoms with Crippen molar-refractivity contribution in [3.05, 3.63) is 11.9 Å². The number of nitrogens with one attached hydrogen (secondary N) is 2. The van der Waals surface area contributed by atoms with E-state index in [2.05, 4.69) is 25.7 Å². The third kappa shape index (κ3) is 1.50. The van der Waals surface area contributed by atoms with Crippen molar-refractivity contribution in [2.24, 2.45) is 0 Å². The zero-order chi connectivity index (χ0) is 11.0. The van der Waals surface area contributed by atoms with Gasteiger partial charge < -0.3 is 11.1 Å². The molecule has 0 bridgehead atoms. The van der Waals surface area contributed by atoms with Gasteiger partial charge in [0.25, 0.3) is 0 Å². The number of rotatable bonds is 1. The van der Waals surface area contributed by atoms with Gasteiger partial charge in [-0.05, 0) is 25.9 Å². The van der Waals surface area contributed by atoms with Crippen molar-refractivity contribution in [1.82, 2.24) is 20.7 Å². The van der Waals surface area contributed by atoms with Gasteiger partial charge in [-0.1, -0.05) is 0 Å². The molecule has 6 heteroatoms. The topological polar surface area (TPSA) is 79.1 Å². The Balaban J connectivity index is 1.87. The number of hydrogen-bond acceptors (Lipinski definition) is 6. The molecule has 0 aliphatic carbocycles. The van der Waals surface area contributed by atoms with Gasteiger partial charge in [0.1, 0.15) is 12.1 Å². The van der Waals surface area contributed by atoms with Crippen LogP contribution in [0.4, 0.5) is 11.6 Å². The lowest BCUT2D eigenvalue weighted by Crippen LogP contribution is -2.47. The van der Waals surface area contributed by atoms with Gasteiger partial charge in [-0.2, -0.15) is 0 Å². The summed E-state index contributed by atoms with van der Waals surface area (Å²) in [7, 11) is 0. The Hall–Kier alpha value is -1.40. The van der Waals surface area contributed by atoms with E-state index in [1.54, 1.807) is 0 Å². The maximum Gasteiger partial charge on any atom is 0.153 e. The number of fused-ring (bicyclic) bond motifs is 1. The maximum absolute atomic E-state index is 5.83. The summed E-state index contributed by atoms with van der Waals surface area (Å²) in [6, 6.07) is 0.511. The molecule has 3 rings (SSSR count). The number of nitrogens with zero attached hydrogens (tertiary/aromatic N) is 3. The lowest BCUT2D eigenvalue weighted by Gasteiger charge is -2.32. The van der Waals surface area contributed by atoms with Gasteiger partial charge in [0.05, 0.1) is 5.56 Å². The van der Waals surface area contributed by atoms with Crippen LogP contribution in [0, 0.1) is 0 Å². The van der Waals surface area contributed by atoms with E-state index in [1.807, 2.05) is 0 Å². The van der Waals surface area contributed by atoms with Crippen molar-refractivity contribution in [3.63, 3.8) is 0 Å². The Morgan fingerprint density at radius 2 is 2.12 bits per heavy atom. The zero-order valence-corrected chi connectivity index (χ0v) is 9.11. The molecule has 0 unspecified atom stereocenters. The normalized spacial score (nSPS) is 21.1. The minimum atomic E-state index is 0.511. The molecule has 2 aliphatic heterocycles. The number of hydrazine groups is 1. The molecule has 1 aromatic heterocycles.